The highest BCUT2D eigenvalue weighted by Gasteiger charge is 2.26. The molecule has 9 heteroatoms. The molecule has 2 aromatic heterocycles. The van der Waals surface area contributed by atoms with Gasteiger partial charge in [0.1, 0.15) is 5.82 Å². The highest BCUT2D eigenvalue weighted by molar-refractivity contribution is 7.99. The normalized spacial score (nSPS) is 12.0. The molecule has 0 radical (unpaired) electrons. The van der Waals surface area contributed by atoms with Crippen LogP contribution in [-0.2, 0) is 11.3 Å². The molecule has 2 aromatic rings. The average Bonchev–Trinajstić information content (AvgIpc) is 3.03. The Morgan fingerprint density at radius 3 is 2.74 bits per heavy atom. The molecule has 0 aromatic carbocycles. The van der Waals surface area contributed by atoms with Crippen molar-refractivity contribution in [1.82, 2.24) is 25.1 Å². The molecule has 7 nitrogen and oxygen atoms in total. The summed E-state index contributed by atoms with van der Waals surface area (Å²) in [5, 5.41) is 12.4. The lowest BCUT2D eigenvalue weighted by Gasteiger charge is -2.20. The van der Waals surface area contributed by atoms with Gasteiger partial charge in [0.2, 0.25) is 5.91 Å². The number of halogens is 1. The van der Waals surface area contributed by atoms with E-state index in [2.05, 4.69) is 46.5 Å². The minimum absolute atomic E-state index is 0.0647. The van der Waals surface area contributed by atoms with Gasteiger partial charge in [-0.15, -0.1) is 11.6 Å². The van der Waals surface area contributed by atoms with Gasteiger partial charge in [-0.1, -0.05) is 32.5 Å². The Labute approximate surface area is 170 Å². The molecule has 150 valence electrons. The number of amides is 1. The number of hydrogen-bond acceptors (Lipinski definition) is 6. The number of anilines is 1. The van der Waals surface area contributed by atoms with Gasteiger partial charge in [-0.2, -0.15) is 5.10 Å². The second-order valence-corrected chi connectivity index (χ2v) is 8.94. The first kappa shape index (κ1) is 21.8. The van der Waals surface area contributed by atoms with Gasteiger partial charge in [0, 0.05) is 19.0 Å². The van der Waals surface area contributed by atoms with Crippen molar-refractivity contribution in [2.45, 2.75) is 46.3 Å². The molecule has 2 N–H and O–H groups in total. The van der Waals surface area contributed by atoms with Crippen molar-refractivity contribution in [2.24, 2.45) is 11.3 Å². The first-order valence-corrected chi connectivity index (χ1v) is 10.7. The molecule has 0 saturated heterocycles. The zero-order valence-corrected chi connectivity index (χ0v) is 18.2. The Hall–Kier alpha value is -1.54. The number of nitrogens with zero attached hydrogens (tertiary/aromatic N) is 4. The highest BCUT2D eigenvalue weighted by Crippen LogP contribution is 2.24. The summed E-state index contributed by atoms with van der Waals surface area (Å²) in [7, 11) is 0. The lowest BCUT2D eigenvalue weighted by molar-refractivity contribution is -0.128. The molecular weight excluding hydrogens is 384 g/mol. The van der Waals surface area contributed by atoms with Crippen molar-refractivity contribution in [1.29, 1.82) is 0 Å². The molecule has 0 aliphatic carbocycles. The van der Waals surface area contributed by atoms with Crippen molar-refractivity contribution in [3.63, 3.8) is 0 Å². The molecule has 0 saturated carbocycles. The smallest absolute Gasteiger partial charge is 0.226 e. The van der Waals surface area contributed by atoms with Crippen LogP contribution >= 0.6 is 23.4 Å². The quantitative estimate of drug-likeness (QED) is 0.353. The van der Waals surface area contributed by atoms with Crippen molar-refractivity contribution in [2.75, 3.05) is 30.0 Å². The second-order valence-electron chi connectivity index (χ2n) is 7.44. The van der Waals surface area contributed by atoms with Gasteiger partial charge >= 0.3 is 0 Å². The van der Waals surface area contributed by atoms with Crippen LogP contribution in [0.2, 0.25) is 0 Å². The van der Waals surface area contributed by atoms with Crippen molar-refractivity contribution in [3.05, 3.63) is 6.20 Å². The third kappa shape index (κ3) is 5.72. The molecule has 0 aliphatic heterocycles. The van der Waals surface area contributed by atoms with Crippen LogP contribution in [0.3, 0.4) is 0 Å². The first-order chi connectivity index (χ1) is 12.8. The molecular formula is C18H29ClN6OS. The Morgan fingerprint density at radius 2 is 2.11 bits per heavy atom. The zero-order valence-electron chi connectivity index (χ0n) is 16.7. The van der Waals surface area contributed by atoms with Crippen LogP contribution in [0.1, 0.15) is 34.6 Å². The fourth-order valence-electron chi connectivity index (χ4n) is 2.30. The monoisotopic (exact) mass is 412 g/mol. The van der Waals surface area contributed by atoms with Crippen LogP contribution in [-0.4, -0.2) is 50.4 Å². The van der Waals surface area contributed by atoms with E-state index in [1.165, 1.54) is 0 Å². The van der Waals surface area contributed by atoms with E-state index >= 15 is 0 Å². The number of thioether (sulfide) groups is 1. The summed E-state index contributed by atoms with van der Waals surface area (Å²) < 4.78 is 1.81. The van der Waals surface area contributed by atoms with E-state index in [0.717, 1.165) is 34.3 Å². The Balaban J connectivity index is 2.18. The number of aromatic nitrogens is 4. The summed E-state index contributed by atoms with van der Waals surface area (Å²) in [5.74, 6) is 2.42. The zero-order chi connectivity index (χ0) is 20.0. The van der Waals surface area contributed by atoms with E-state index in [1.54, 1.807) is 18.0 Å². The third-order valence-electron chi connectivity index (χ3n) is 3.98. The van der Waals surface area contributed by atoms with Crippen LogP contribution < -0.4 is 10.6 Å². The molecule has 0 spiro atoms. The maximum absolute atomic E-state index is 12.2. The molecule has 0 bridgehead atoms. The summed E-state index contributed by atoms with van der Waals surface area (Å²) in [6.07, 6.45) is 1.78. The molecule has 2 rings (SSSR count). The van der Waals surface area contributed by atoms with Crippen molar-refractivity contribution in [3.8, 4) is 0 Å². The highest BCUT2D eigenvalue weighted by atomic mass is 35.5. The van der Waals surface area contributed by atoms with Gasteiger partial charge in [-0.05, 0) is 25.5 Å². The van der Waals surface area contributed by atoms with Gasteiger partial charge < -0.3 is 10.6 Å². The van der Waals surface area contributed by atoms with E-state index in [-0.39, 0.29) is 11.8 Å². The summed E-state index contributed by atoms with van der Waals surface area (Å²) in [5.41, 5.74) is 0.187. The fourth-order valence-corrected chi connectivity index (χ4v) is 2.99. The van der Waals surface area contributed by atoms with Gasteiger partial charge in [-0.25, -0.2) is 14.6 Å². The van der Waals surface area contributed by atoms with E-state index in [0.29, 0.717) is 19.0 Å². The van der Waals surface area contributed by atoms with Gasteiger partial charge in [0.25, 0.3) is 0 Å². The number of nitrogens with one attached hydrogen (secondary N) is 2. The predicted molar refractivity (Wildman–Crippen MR) is 113 cm³/mol. The summed E-state index contributed by atoms with van der Waals surface area (Å²) in [6, 6.07) is 0. The Bertz CT molecular complexity index is 777. The number of carbonyl (C=O) groups is 1. The van der Waals surface area contributed by atoms with Gasteiger partial charge in [0.15, 0.2) is 10.8 Å². The largest absolute Gasteiger partial charge is 0.369 e. The third-order valence-corrected chi connectivity index (χ3v) is 5.38. The summed E-state index contributed by atoms with van der Waals surface area (Å²) >= 11 is 7.45. The van der Waals surface area contributed by atoms with Crippen LogP contribution in [0, 0.1) is 11.3 Å². The van der Waals surface area contributed by atoms with E-state index in [4.69, 9.17) is 11.6 Å². The SMILES string of the molecule is CCSc1nc(NCC(C)C)c2cnn(CCNC(=O)C(C)(C)CCl)c2n1. The van der Waals surface area contributed by atoms with Crippen molar-refractivity contribution >= 4 is 46.1 Å². The molecule has 0 aliphatic rings. The maximum Gasteiger partial charge on any atom is 0.226 e. The number of rotatable bonds is 10. The molecule has 0 fully saturated rings. The van der Waals surface area contributed by atoms with Gasteiger partial charge in [0.05, 0.1) is 23.5 Å². The summed E-state index contributed by atoms with van der Waals surface area (Å²) in [6.45, 7) is 11.9. The molecule has 2 heterocycles. The van der Waals surface area contributed by atoms with Crippen LogP contribution in [0.15, 0.2) is 11.4 Å². The topological polar surface area (TPSA) is 84.7 Å². The molecule has 0 atom stereocenters. The minimum atomic E-state index is -0.589. The summed E-state index contributed by atoms with van der Waals surface area (Å²) in [4.78, 5) is 21.5. The lowest BCUT2D eigenvalue weighted by atomic mass is 9.95. The van der Waals surface area contributed by atoms with Crippen LogP contribution in [0.5, 0.6) is 0 Å². The number of alkyl halides is 1. The minimum Gasteiger partial charge on any atom is -0.369 e. The van der Waals surface area contributed by atoms with Crippen molar-refractivity contribution < 1.29 is 4.79 Å². The van der Waals surface area contributed by atoms with Gasteiger partial charge in [-0.3, -0.25) is 4.79 Å². The Morgan fingerprint density at radius 1 is 1.37 bits per heavy atom. The lowest BCUT2D eigenvalue weighted by Crippen LogP contribution is -2.39. The molecule has 27 heavy (non-hydrogen) atoms. The average molecular weight is 413 g/mol. The van der Waals surface area contributed by atoms with Crippen LogP contribution in [0.25, 0.3) is 11.0 Å². The number of carbonyl (C=O) groups excluding carboxylic acids is 1. The number of hydrogen-bond donors (Lipinski definition) is 2. The second kappa shape index (κ2) is 9.59. The molecule has 0 unspecified atom stereocenters. The first-order valence-electron chi connectivity index (χ1n) is 9.23. The van der Waals surface area contributed by atoms with Crippen LogP contribution in [0.4, 0.5) is 5.82 Å². The predicted octanol–water partition coefficient (Wildman–Crippen LogP) is 3.39. The fraction of sp³-hybridized carbons (Fsp3) is 0.667. The van der Waals surface area contributed by atoms with E-state index in [1.807, 2.05) is 18.5 Å². The maximum atomic E-state index is 12.2. The number of fused-ring (bicyclic) bond motifs is 1. The van der Waals surface area contributed by atoms with E-state index in [9.17, 15) is 4.79 Å². The standard InChI is InChI=1S/C18H29ClN6OS/c1-6-27-17-23-14(21-9-12(2)3)13-10-22-25(15(13)24-17)8-7-20-16(26)18(4,5)11-19/h10,12H,6-9,11H2,1-5H3,(H,20,26)(H,21,23,24). The van der Waals surface area contributed by atoms with E-state index < -0.39 is 5.41 Å². The Kier molecular flexibility index (Phi) is 7.73. The molecule has 1 amide bonds.